The number of nitrogens with one attached hydrogen (secondary N) is 1. The molecule has 1 aromatic rings. The summed E-state index contributed by atoms with van der Waals surface area (Å²) in [5.74, 6) is 0.494. The zero-order valence-corrected chi connectivity index (χ0v) is 14.8. The Kier molecular flexibility index (Phi) is 7.52. The van der Waals surface area contributed by atoms with Crippen molar-refractivity contribution in [1.29, 1.82) is 0 Å². The lowest BCUT2D eigenvalue weighted by molar-refractivity contribution is 0.593. The molecule has 3 nitrogen and oxygen atoms in total. The van der Waals surface area contributed by atoms with Crippen LogP contribution in [0.25, 0.3) is 0 Å². The fraction of sp³-hybridized carbons (Fsp3) is 0.812. The zero-order chi connectivity index (χ0) is 15.1. The molecule has 0 amide bonds. The van der Waals surface area contributed by atoms with Crippen molar-refractivity contribution in [2.24, 2.45) is 0 Å². The van der Waals surface area contributed by atoms with E-state index in [1.165, 1.54) is 35.0 Å². The first-order valence-corrected chi connectivity index (χ1v) is 8.77. The van der Waals surface area contributed by atoms with Gasteiger partial charge in [0, 0.05) is 24.0 Å². The topological polar surface area (TPSA) is 28.2 Å². The van der Waals surface area contributed by atoms with Gasteiger partial charge in [-0.05, 0) is 32.7 Å². The van der Waals surface area contributed by atoms with E-state index < -0.39 is 0 Å². The standard InChI is InChI=1S/C16H31N3S/c1-7-9-10-19(13(5)8-2)16-18-15(12(3)4)14(20-16)11-17-6/h12-13,17H,7-11H2,1-6H3. The van der Waals surface area contributed by atoms with E-state index >= 15 is 0 Å². The average molecular weight is 298 g/mol. The Hall–Kier alpha value is -0.610. The van der Waals surface area contributed by atoms with E-state index in [9.17, 15) is 0 Å². The van der Waals surface area contributed by atoms with Crippen LogP contribution in [-0.4, -0.2) is 24.6 Å². The second-order valence-corrected chi connectivity index (χ2v) is 6.86. The molecule has 1 atom stereocenters. The van der Waals surface area contributed by atoms with Gasteiger partial charge in [-0.25, -0.2) is 4.98 Å². The smallest absolute Gasteiger partial charge is 0.186 e. The van der Waals surface area contributed by atoms with Crippen molar-refractivity contribution in [3.05, 3.63) is 10.6 Å². The molecule has 0 aliphatic heterocycles. The van der Waals surface area contributed by atoms with Gasteiger partial charge in [-0.2, -0.15) is 0 Å². The first-order valence-electron chi connectivity index (χ1n) is 7.95. The van der Waals surface area contributed by atoms with Crippen molar-refractivity contribution < 1.29 is 0 Å². The molecule has 0 spiro atoms. The maximum Gasteiger partial charge on any atom is 0.186 e. The third-order valence-corrected chi connectivity index (χ3v) is 4.83. The summed E-state index contributed by atoms with van der Waals surface area (Å²) in [4.78, 5) is 8.85. The van der Waals surface area contributed by atoms with Crippen molar-refractivity contribution >= 4 is 16.5 Å². The number of aromatic nitrogens is 1. The summed E-state index contributed by atoms with van der Waals surface area (Å²) in [6, 6.07) is 0.565. The number of nitrogens with zero attached hydrogens (tertiary/aromatic N) is 2. The predicted molar refractivity (Wildman–Crippen MR) is 91.0 cm³/mol. The lowest BCUT2D eigenvalue weighted by atomic mass is 10.1. The summed E-state index contributed by atoms with van der Waals surface area (Å²) in [6.07, 6.45) is 3.64. The number of hydrogen-bond donors (Lipinski definition) is 1. The third kappa shape index (κ3) is 4.45. The number of anilines is 1. The Morgan fingerprint density at radius 3 is 2.45 bits per heavy atom. The molecule has 0 bridgehead atoms. The van der Waals surface area contributed by atoms with Gasteiger partial charge in [0.15, 0.2) is 5.13 Å². The quantitative estimate of drug-likeness (QED) is 0.732. The summed E-state index contributed by atoms with van der Waals surface area (Å²) in [5.41, 5.74) is 1.27. The van der Waals surface area contributed by atoms with Gasteiger partial charge in [0.05, 0.1) is 5.69 Å². The highest BCUT2D eigenvalue weighted by Crippen LogP contribution is 2.32. The number of hydrogen-bond acceptors (Lipinski definition) is 4. The number of rotatable bonds is 9. The Morgan fingerprint density at radius 2 is 1.95 bits per heavy atom. The number of unbranched alkanes of at least 4 members (excludes halogenated alkanes) is 1. The second-order valence-electron chi connectivity index (χ2n) is 5.79. The maximum absolute atomic E-state index is 4.96. The Bertz CT molecular complexity index is 387. The largest absolute Gasteiger partial charge is 0.345 e. The van der Waals surface area contributed by atoms with E-state index in [0.717, 1.165) is 13.1 Å². The molecule has 0 aliphatic carbocycles. The van der Waals surface area contributed by atoms with E-state index in [1.54, 1.807) is 0 Å². The molecule has 0 aliphatic rings. The highest BCUT2D eigenvalue weighted by molar-refractivity contribution is 7.15. The minimum atomic E-state index is 0.494. The third-order valence-electron chi connectivity index (χ3n) is 3.72. The Balaban J connectivity index is 3.03. The van der Waals surface area contributed by atoms with Crippen molar-refractivity contribution in [3.8, 4) is 0 Å². The van der Waals surface area contributed by atoms with E-state index in [4.69, 9.17) is 4.98 Å². The maximum atomic E-state index is 4.96. The molecule has 1 aromatic heterocycles. The van der Waals surface area contributed by atoms with Crippen molar-refractivity contribution in [3.63, 3.8) is 0 Å². The van der Waals surface area contributed by atoms with Crippen LogP contribution >= 0.6 is 11.3 Å². The molecule has 4 heteroatoms. The van der Waals surface area contributed by atoms with Crippen LogP contribution in [0.3, 0.4) is 0 Å². The van der Waals surface area contributed by atoms with E-state index in [0.29, 0.717) is 12.0 Å². The minimum Gasteiger partial charge on any atom is -0.345 e. The van der Waals surface area contributed by atoms with Crippen molar-refractivity contribution in [2.45, 2.75) is 72.4 Å². The van der Waals surface area contributed by atoms with Gasteiger partial charge in [0.2, 0.25) is 0 Å². The molecule has 1 rings (SSSR count). The normalized spacial score (nSPS) is 12.9. The molecule has 0 aromatic carbocycles. The van der Waals surface area contributed by atoms with Gasteiger partial charge in [-0.3, -0.25) is 0 Å². The minimum absolute atomic E-state index is 0.494. The molecule has 1 heterocycles. The highest BCUT2D eigenvalue weighted by Gasteiger charge is 2.20. The fourth-order valence-electron chi connectivity index (χ4n) is 2.27. The van der Waals surface area contributed by atoms with Crippen LogP contribution in [0.5, 0.6) is 0 Å². The fourth-order valence-corrected chi connectivity index (χ4v) is 3.62. The molecular weight excluding hydrogens is 266 g/mol. The summed E-state index contributed by atoms with van der Waals surface area (Å²) >= 11 is 1.87. The molecule has 0 saturated heterocycles. The summed E-state index contributed by atoms with van der Waals surface area (Å²) < 4.78 is 0. The van der Waals surface area contributed by atoms with Gasteiger partial charge in [-0.15, -0.1) is 11.3 Å². The predicted octanol–water partition coefficient (Wildman–Crippen LogP) is 4.39. The molecule has 0 radical (unpaired) electrons. The number of thiazole rings is 1. The summed E-state index contributed by atoms with van der Waals surface area (Å²) in [5, 5.41) is 4.48. The van der Waals surface area contributed by atoms with Crippen LogP contribution in [0.2, 0.25) is 0 Å². The van der Waals surface area contributed by atoms with Crippen molar-refractivity contribution in [2.75, 3.05) is 18.5 Å². The Morgan fingerprint density at radius 1 is 1.25 bits per heavy atom. The average Bonchev–Trinajstić information content (AvgIpc) is 2.83. The summed E-state index contributed by atoms with van der Waals surface area (Å²) in [7, 11) is 2.01. The van der Waals surface area contributed by atoms with Crippen LogP contribution in [0, 0.1) is 0 Å². The van der Waals surface area contributed by atoms with Gasteiger partial charge < -0.3 is 10.2 Å². The molecule has 1 N–H and O–H groups in total. The molecule has 116 valence electrons. The van der Waals surface area contributed by atoms with Gasteiger partial charge in [0.1, 0.15) is 0 Å². The first-order chi connectivity index (χ1) is 9.54. The second kappa shape index (κ2) is 8.63. The Labute approximate surface area is 128 Å². The molecule has 0 saturated carbocycles. The van der Waals surface area contributed by atoms with Gasteiger partial charge in [-0.1, -0.05) is 34.1 Å². The van der Waals surface area contributed by atoms with Crippen molar-refractivity contribution in [1.82, 2.24) is 10.3 Å². The van der Waals surface area contributed by atoms with E-state index in [1.807, 2.05) is 18.4 Å². The molecule has 20 heavy (non-hydrogen) atoms. The first kappa shape index (κ1) is 17.4. The monoisotopic (exact) mass is 297 g/mol. The SMILES string of the molecule is CCCCN(c1nc(C(C)C)c(CNC)s1)C(C)CC. The van der Waals surface area contributed by atoms with E-state index in [2.05, 4.69) is 44.8 Å². The van der Waals surface area contributed by atoms with E-state index in [-0.39, 0.29) is 0 Å². The van der Waals surface area contributed by atoms with Crippen LogP contribution in [0.15, 0.2) is 0 Å². The van der Waals surface area contributed by atoms with Gasteiger partial charge in [0.25, 0.3) is 0 Å². The lowest BCUT2D eigenvalue weighted by Crippen LogP contribution is -2.33. The van der Waals surface area contributed by atoms with Crippen LogP contribution in [0.4, 0.5) is 5.13 Å². The van der Waals surface area contributed by atoms with Gasteiger partial charge >= 0.3 is 0 Å². The molecule has 0 fully saturated rings. The molecule has 1 unspecified atom stereocenters. The molecular formula is C16H31N3S. The van der Waals surface area contributed by atoms with Crippen LogP contribution in [-0.2, 0) is 6.54 Å². The summed E-state index contributed by atoms with van der Waals surface area (Å²) in [6.45, 7) is 13.3. The lowest BCUT2D eigenvalue weighted by Gasteiger charge is -2.28. The highest BCUT2D eigenvalue weighted by atomic mass is 32.1. The zero-order valence-electron chi connectivity index (χ0n) is 14.0. The van der Waals surface area contributed by atoms with Crippen LogP contribution in [0.1, 0.15) is 70.4 Å². The van der Waals surface area contributed by atoms with Crippen LogP contribution < -0.4 is 10.2 Å².